The first-order valence-electron chi connectivity index (χ1n) is 6.64. The van der Waals surface area contributed by atoms with Crippen LogP contribution in [0.4, 0.5) is 10.7 Å². The molecule has 1 N–H and O–H groups in total. The largest absolute Gasteiger partial charge is 0.345 e. The van der Waals surface area contributed by atoms with Gasteiger partial charge in [0, 0.05) is 5.69 Å². The zero-order valence-electron chi connectivity index (χ0n) is 12.6. The van der Waals surface area contributed by atoms with Gasteiger partial charge in [0.15, 0.2) is 5.78 Å². The molecule has 2 rings (SSSR count). The molecule has 0 radical (unpaired) electrons. The van der Waals surface area contributed by atoms with Crippen LogP contribution in [0.2, 0.25) is 0 Å². The number of nitrogens with zero attached hydrogens (tertiary/aromatic N) is 1. The molecule has 0 aliphatic carbocycles. The second-order valence-electron chi connectivity index (χ2n) is 5.95. The van der Waals surface area contributed by atoms with E-state index in [-0.39, 0.29) is 11.2 Å². The Labute approximate surface area is 124 Å². The number of hydrogen-bond donors (Lipinski definition) is 1. The normalized spacial score (nSPS) is 11.4. The van der Waals surface area contributed by atoms with Crippen molar-refractivity contribution in [1.82, 2.24) is 4.37 Å². The van der Waals surface area contributed by atoms with E-state index in [0.29, 0.717) is 5.56 Å². The highest BCUT2D eigenvalue weighted by atomic mass is 32.1. The van der Waals surface area contributed by atoms with Crippen molar-refractivity contribution < 1.29 is 4.79 Å². The highest BCUT2D eigenvalue weighted by Gasteiger charge is 2.20. The highest BCUT2D eigenvalue weighted by Crippen LogP contribution is 2.34. The van der Waals surface area contributed by atoms with Gasteiger partial charge in [-0.2, -0.15) is 4.37 Å². The zero-order valence-corrected chi connectivity index (χ0v) is 13.4. The summed E-state index contributed by atoms with van der Waals surface area (Å²) in [7, 11) is 0. The van der Waals surface area contributed by atoms with Gasteiger partial charge in [-0.15, -0.1) is 0 Å². The molecule has 0 atom stereocenters. The van der Waals surface area contributed by atoms with Crippen LogP contribution >= 0.6 is 11.5 Å². The molecule has 1 aromatic carbocycles. The molecule has 106 valence electrons. The maximum atomic E-state index is 11.7. The summed E-state index contributed by atoms with van der Waals surface area (Å²) in [5, 5.41) is 4.21. The van der Waals surface area contributed by atoms with Crippen LogP contribution in [0.1, 0.15) is 49.3 Å². The molecule has 1 aromatic heterocycles. The van der Waals surface area contributed by atoms with E-state index in [1.165, 1.54) is 17.1 Å². The molecule has 0 aliphatic rings. The first-order valence-corrected chi connectivity index (χ1v) is 7.42. The van der Waals surface area contributed by atoms with Crippen LogP contribution in [0, 0.1) is 6.92 Å². The number of carbonyl (C=O) groups excluding carboxylic acids is 1. The van der Waals surface area contributed by atoms with Crippen LogP contribution < -0.4 is 5.32 Å². The van der Waals surface area contributed by atoms with Crippen molar-refractivity contribution in [2.24, 2.45) is 0 Å². The van der Waals surface area contributed by atoms with Gasteiger partial charge in [-0.1, -0.05) is 39.0 Å². The van der Waals surface area contributed by atoms with Gasteiger partial charge in [0.25, 0.3) is 0 Å². The smallest absolute Gasteiger partial charge is 0.164 e. The summed E-state index contributed by atoms with van der Waals surface area (Å²) in [6.07, 6.45) is 0. The third-order valence-electron chi connectivity index (χ3n) is 3.20. The van der Waals surface area contributed by atoms with Crippen LogP contribution in [0.5, 0.6) is 0 Å². The van der Waals surface area contributed by atoms with E-state index >= 15 is 0 Å². The predicted octanol–water partition coefficient (Wildman–Crippen LogP) is 4.70. The molecule has 3 nitrogen and oxygen atoms in total. The van der Waals surface area contributed by atoms with E-state index in [0.717, 1.165) is 16.4 Å². The molecular weight excluding hydrogens is 268 g/mol. The van der Waals surface area contributed by atoms with Crippen LogP contribution in [0.3, 0.4) is 0 Å². The van der Waals surface area contributed by atoms with Crippen molar-refractivity contribution >= 4 is 28.0 Å². The lowest BCUT2D eigenvalue weighted by Gasteiger charge is -2.23. The fourth-order valence-electron chi connectivity index (χ4n) is 2.24. The average Bonchev–Trinajstić information content (AvgIpc) is 2.70. The molecule has 2 aromatic rings. The number of anilines is 2. The summed E-state index contributed by atoms with van der Waals surface area (Å²) in [6, 6.07) is 8.19. The zero-order chi connectivity index (χ0) is 14.9. The standard InChI is InChI=1S/C16H20N2OS/c1-10-14(11(2)19)15(20-18-10)17-13-9-7-6-8-12(13)16(3,4)5/h6-9,17H,1-5H3. The molecule has 0 saturated carbocycles. The van der Waals surface area contributed by atoms with E-state index in [4.69, 9.17) is 0 Å². The van der Waals surface area contributed by atoms with Gasteiger partial charge in [-0.25, -0.2) is 0 Å². The van der Waals surface area contributed by atoms with Gasteiger partial charge in [-0.05, 0) is 42.4 Å². The minimum absolute atomic E-state index is 0.0414. The quantitative estimate of drug-likeness (QED) is 0.833. The number of nitrogens with one attached hydrogen (secondary N) is 1. The minimum Gasteiger partial charge on any atom is -0.345 e. The Morgan fingerprint density at radius 3 is 2.50 bits per heavy atom. The second-order valence-corrected chi connectivity index (χ2v) is 6.72. The first kappa shape index (κ1) is 14.7. The summed E-state index contributed by atoms with van der Waals surface area (Å²) in [5.74, 6) is 0.0481. The summed E-state index contributed by atoms with van der Waals surface area (Å²) in [5.41, 5.74) is 3.78. The van der Waals surface area contributed by atoms with Crippen LogP contribution in [-0.2, 0) is 5.41 Å². The lowest BCUT2D eigenvalue weighted by molar-refractivity contribution is 0.101. The van der Waals surface area contributed by atoms with Crippen molar-refractivity contribution in [2.75, 3.05) is 5.32 Å². The lowest BCUT2D eigenvalue weighted by Crippen LogP contribution is -2.13. The molecule has 0 unspecified atom stereocenters. The Hall–Kier alpha value is -1.68. The third-order valence-corrected chi connectivity index (χ3v) is 4.05. The monoisotopic (exact) mass is 288 g/mol. The Balaban J connectivity index is 2.44. The van der Waals surface area contributed by atoms with Gasteiger partial charge in [0.05, 0.1) is 11.3 Å². The molecule has 20 heavy (non-hydrogen) atoms. The van der Waals surface area contributed by atoms with E-state index in [1.807, 2.05) is 25.1 Å². The number of rotatable bonds is 3. The number of aryl methyl sites for hydroxylation is 1. The van der Waals surface area contributed by atoms with Crippen LogP contribution in [-0.4, -0.2) is 10.2 Å². The molecule has 0 saturated heterocycles. The molecule has 0 aliphatic heterocycles. The molecule has 1 heterocycles. The van der Waals surface area contributed by atoms with Gasteiger partial charge < -0.3 is 5.32 Å². The number of hydrogen-bond acceptors (Lipinski definition) is 4. The molecule has 0 fully saturated rings. The number of Topliss-reactive ketones (excluding diaryl/α,β-unsaturated/α-hetero) is 1. The van der Waals surface area contributed by atoms with Crippen LogP contribution in [0.25, 0.3) is 0 Å². The number of ketones is 1. The molecule has 0 bridgehead atoms. The van der Waals surface area contributed by atoms with Crippen molar-refractivity contribution in [3.63, 3.8) is 0 Å². The van der Waals surface area contributed by atoms with Gasteiger partial charge in [-0.3, -0.25) is 4.79 Å². The van der Waals surface area contributed by atoms with Crippen LogP contribution in [0.15, 0.2) is 24.3 Å². The Morgan fingerprint density at radius 2 is 1.90 bits per heavy atom. The lowest BCUT2D eigenvalue weighted by atomic mass is 9.86. The second kappa shape index (κ2) is 5.37. The number of carbonyl (C=O) groups is 1. The van der Waals surface area contributed by atoms with E-state index < -0.39 is 0 Å². The van der Waals surface area contributed by atoms with Crippen molar-refractivity contribution in [2.45, 2.75) is 40.0 Å². The number of para-hydroxylation sites is 1. The predicted molar refractivity (Wildman–Crippen MR) is 85.3 cm³/mol. The van der Waals surface area contributed by atoms with E-state index in [9.17, 15) is 4.79 Å². The SMILES string of the molecule is CC(=O)c1c(C)nsc1Nc1ccccc1C(C)(C)C. The number of aromatic nitrogens is 1. The van der Waals surface area contributed by atoms with E-state index in [1.54, 1.807) is 6.92 Å². The molecular formula is C16H20N2OS. The summed E-state index contributed by atoms with van der Waals surface area (Å²) in [6.45, 7) is 9.98. The fraction of sp³-hybridized carbons (Fsp3) is 0.375. The average molecular weight is 288 g/mol. The Kier molecular flexibility index (Phi) is 3.95. The van der Waals surface area contributed by atoms with E-state index in [2.05, 4.69) is 36.5 Å². The maximum Gasteiger partial charge on any atom is 0.164 e. The minimum atomic E-state index is 0.0414. The van der Waals surface area contributed by atoms with Gasteiger partial charge in [0.2, 0.25) is 0 Å². The highest BCUT2D eigenvalue weighted by molar-refractivity contribution is 7.10. The molecule has 0 spiro atoms. The first-order chi connectivity index (χ1) is 9.30. The Bertz CT molecular complexity index is 638. The maximum absolute atomic E-state index is 11.7. The third kappa shape index (κ3) is 2.90. The summed E-state index contributed by atoms with van der Waals surface area (Å²) >= 11 is 1.34. The summed E-state index contributed by atoms with van der Waals surface area (Å²) in [4.78, 5) is 11.7. The summed E-state index contributed by atoms with van der Waals surface area (Å²) < 4.78 is 4.28. The Morgan fingerprint density at radius 1 is 1.25 bits per heavy atom. The van der Waals surface area contributed by atoms with Crippen molar-refractivity contribution in [3.8, 4) is 0 Å². The molecule has 0 amide bonds. The van der Waals surface area contributed by atoms with Gasteiger partial charge >= 0.3 is 0 Å². The molecule has 4 heteroatoms. The fourth-order valence-corrected chi connectivity index (χ4v) is 3.10. The van der Waals surface area contributed by atoms with Gasteiger partial charge in [0.1, 0.15) is 5.00 Å². The van der Waals surface area contributed by atoms with Crippen molar-refractivity contribution in [1.29, 1.82) is 0 Å². The number of benzene rings is 1. The van der Waals surface area contributed by atoms with Crippen molar-refractivity contribution in [3.05, 3.63) is 41.1 Å². The topological polar surface area (TPSA) is 42.0 Å².